The van der Waals surface area contributed by atoms with Crippen LogP contribution in [-0.4, -0.2) is 33.1 Å². The summed E-state index contributed by atoms with van der Waals surface area (Å²) in [7, 11) is 4.37. The molecule has 2 aromatic rings. The van der Waals surface area contributed by atoms with E-state index in [0.717, 1.165) is 17.5 Å². The zero-order chi connectivity index (χ0) is 21.4. The number of amides is 2. The van der Waals surface area contributed by atoms with Crippen LogP contribution in [0.1, 0.15) is 28.4 Å². The number of aryl methyl sites for hydroxylation is 1. The maximum absolute atomic E-state index is 12.8. The summed E-state index contributed by atoms with van der Waals surface area (Å²) in [5, 5.41) is 2.58. The van der Waals surface area contributed by atoms with Crippen LogP contribution in [0.25, 0.3) is 6.08 Å². The van der Waals surface area contributed by atoms with Crippen molar-refractivity contribution in [2.75, 3.05) is 21.3 Å². The highest BCUT2D eigenvalue weighted by Gasteiger charge is 2.19. The number of hydrogen-bond donors (Lipinski definition) is 3. The summed E-state index contributed by atoms with van der Waals surface area (Å²) in [4.78, 5) is 24.9. The lowest BCUT2D eigenvalue weighted by Gasteiger charge is -2.14. The number of nitrogens with two attached hydrogens (primary N) is 1. The molecule has 154 valence electrons. The highest BCUT2D eigenvalue weighted by Crippen LogP contribution is 2.38. The fourth-order valence-electron chi connectivity index (χ4n) is 2.66. The number of carbonyl (C=O) groups is 2. The van der Waals surface area contributed by atoms with E-state index in [1.165, 1.54) is 39.5 Å². The molecule has 29 heavy (non-hydrogen) atoms. The summed E-state index contributed by atoms with van der Waals surface area (Å²) >= 11 is 0. The molecule has 2 aromatic carbocycles. The summed E-state index contributed by atoms with van der Waals surface area (Å²) < 4.78 is 15.8. The molecule has 0 bridgehead atoms. The van der Waals surface area contributed by atoms with Crippen molar-refractivity contribution < 1.29 is 23.8 Å². The Morgan fingerprint density at radius 3 is 2.03 bits per heavy atom. The predicted octanol–water partition coefficient (Wildman–Crippen LogP) is 2.04. The van der Waals surface area contributed by atoms with Crippen molar-refractivity contribution in [3.63, 3.8) is 0 Å². The molecule has 0 heterocycles. The second kappa shape index (κ2) is 10.1. The van der Waals surface area contributed by atoms with Crippen LogP contribution in [0.4, 0.5) is 0 Å². The minimum atomic E-state index is -0.634. The number of benzene rings is 2. The number of hydrazine groups is 1. The van der Waals surface area contributed by atoms with Gasteiger partial charge in [-0.3, -0.25) is 15.0 Å². The van der Waals surface area contributed by atoms with Crippen molar-refractivity contribution in [3.05, 3.63) is 58.8 Å². The van der Waals surface area contributed by atoms with E-state index in [-0.39, 0.29) is 11.3 Å². The van der Waals surface area contributed by atoms with Gasteiger partial charge in [-0.1, -0.05) is 31.2 Å². The Hall–Kier alpha value is -3.52. The van der Waals surface area contributed by atoms with Crippen molar-refractivity contribution in [2.24, 2.45) is 5.84 Å². The Morgan fingerprint density at radius 1 is 1.00 bits per heavy atom. The van der Waals surface area contributed by atoms with Gasteiger partial charge < -0.3 is 19.5 Å². The van der Waals surface area contributed by atoms with Gasteiger partial charge in [0.15, 0.2) is 11.5 Å². The van der Waals surface area contributed by atoms with E-state index in [4.69, 9.17) is 20.1 Å². The van der Waals surface area contributed by atoms with Crippen LogP contribution in [-0.2, 0) is 11.2 Å². The minimum Gasteiger partial charge on any atom is -0.493 e. The standard InChI is InChI=1S/C21H25N3O5/c1-5-13-6-8-14(9-7-13)10-16(21(26)24-22)23-20(25)15-11-17(27-2)19(29-4)18(12-15)28-3/h6-12H,5,22H2,1-4H3,(H,23,25)(H,24,26). The van der Waals surface area contributed by atoms with Crippen molar-refractivity contribution in [1.82, 2.24) is 10.7 Å². The summed E-state index contributed by atoms with van der Waals surface area (Å²) in [5.74, 6) is 5.10. The van der Waals surface area contributed by atoms with E-state index in [1.807, 2.05) is 29.7 Å². The molecule has 0 spiro atoms. The fourth-order valence-corrected chi connectivity index (χ4v) is 2.66. The summed E-state index contributed by atoms with van der Waals surface area (Å²) in [6, 6.07) is 10.6. The van der Waals surface area contributed by atoms with Crippen molar-refractivity contribution in [1.29, 1.82) is 0 Å². The zero-order valence-corrected chi connectivity index (χ0v) is 16.9. The molecule has 0 saturated heterocycles. The molecule has 0 saturated carbocycles. The number of nitrogens with one attached hydrogen (secondary N) is 2. The molecule has 0 fully saturated rings. The average molecular weight is 399 g/mol. The minimum absolute atomic E-state index is 0.00417. The second-order valence-electron chi connectivity index (χ2n) is 5.99. The molecular formula is C21H25N3O5. The van der Waals surface area contributed by atoms with Gasteiger partial charge in [0.05, 0.1) is 21.3 Å². The maximum atomic E-state index is 12.8. The fraction of sp³-hybridized carbons (Fsp3) is 0.238. The smallest absolute Gasteiger partial charge is 0.281 e. The van der Waals surface area contributed by atoms with E-state index in [2.05, 4.69) is 12.2 Å². The van der Waals surface area contributed by atoms with Gasteiger partial charge in [-0.2, -0.15) is 0 Å². The lowest BCUT2D eigenvalue weighted by atomic mass is 10.1. The number of hydrogen-bond acceptors (Lipinski definition) is 6. The molecule has 0 aliphatic heterocycles. The van der Waals surface area contributed by atoms with E-state index >= 15 is 0 Å². The topological polar surface area (TPSA) is 112 Å². The average Bonchev–Trinajstić information content (AvgIpc) is 2.77. The van der Waals surface area contributed by atoms with Gasteiger partial charge in [0.1, 0.15) is 5.70 Å². The first-order chi connectivity index (χ1) is 14.0. The maximum Gasteiger partial charge on any atom is 0.281 e. The van der Waals surface area contributed by atoms with E-state index < -0.39 is 11.8 Å². The van der Waals surface area contributed by atoms with Gasteiger partial charge in [-0.15, -0.1) is 0 Å². The number of methoxy groups -OCH3 is 3. The molecule has 8 heteroatoms. The first-order valence-corrected chi connectivity index (χ1v) is 8.90. The SMILES string of the molecule is CCc1ccc(C=C(NC(=O)c2cc(OC)c(OC)c(OC)c2)C(=O)NN)cc1. The van der Waals surface area contributed by atoms with Crippen LogP contribution in [0.5, 0.6) is 17.2 Å². The second-order valence-corrected chi connectivity index (χ2v) is 5.99. The molecule has 0 aliphatic carbocycles. The molecule has 2 amide bonds. The van der Waals surface area contributed by atoms with Gasteiger partial charge in [-0.25, -0.2) is 5.84 Å². The molecule has 4 N–H and O–H groups in total. The first kappa shape index (κ1) is 21.8. The number of ether oxygens (including phenoxy) is 3. The van der Waals surface area contributed by atoms with Crippen LogP contribution < -0.4 is 30.8 Å². The monoisotopic (exact) mass is 399 g/mol. The Kier molecular flexibility index (Phi) is 7.62. The quantitative estimate of drug-likeness (QED) is 0.271. The third-order valence-electron chi connectivity index (χ3n) is 4.25. The predicted molar refractivity (Wildman–Crippen MR) is 110 cm³/mol. The molecule has 0 radical (unpaired) electrons. The Balaban J connectivity index is 2.37. The molecule has 0 aromatic heterocycles. The highest BCUT2D eigenvalue weighted by atomic mass is 16.5. The van der Waals surface area contributed by atoms with Gasteiger partial charge in [0, 0.05) is 5.56 Å². The first-order valence-electron chi connectivity index (χ1n) is 8.90. The van der Waals surface area contributed by atoms with E-state index in [9.17, 15) is 9.59 Å². The molecule has 0 atom stereocenters. The van der Waals surface area contributed by atoms with Crippen LogP contribution in [0.3, 0.4) is 0 Å². The van der Waals surface area contributed by atoms with Gasteiger partial charge >= 0.3 is 0 Å². The van der Waals surface area contributed by atoms with Gasteiger partial charge in [0.2, 0.25) is 5.75 Å². The van der Waals surface area contributed by atoms with Crippen LogP contribution in [0.15, 0.2) is 42.1 Å². The Labute approximate surface area is 169 Å². The number of carbonyl (C=O) groups excluding carboxylic acids is 2. The van der Waals surface area contributed by atoms with Gasteiger partial charge in [-0.05, 0) is 35.8 Å². The lowest BCUT2D eigenvalue weighted by molar-refractivity contribution is -0.117. The van der Waals surface area contributed by atoms with Crippen LogP contribution in [0, 0.1) is 0 Å². The molecule has 0 aliphatic rings. The van der Waals surface area contributed by atoms with Crippen molar-refractivity contribution in [2.45, 2.75) is 13.3 Å². The molecule has 0 unspecified atom stereocenters. The molecule has 2 rings (SSSR count). The third kappa shape index (κ3) is 5.26. The van der Waals surface area contributed by atoms with Crippen molar-refractivity contribution in [3.8, 4) is 17.2 Å². The Bertz CT molecular complexity index is 882. The third-order valence-corrected chi connectivity index (χ3v) is 4.25. The van der Waals surface area contributed by atoms with E-state index in [0.29, 0.717) is 17.2 Å². The Morgan fingerprint density at radius 2 is 1.59 bits per heavy atom. The largest absolute Gasteiger partial charge is 0.493 e. The zero-order valence-electron chi connectivity index (χ0n) is 16.9. The summed E-state index contributed by atoms with van der Waals surface area (Å²) in [6.07, 6.45) is 2.44. The van der Waals surface area contributed by atoms with Gasteiger partial charge in [0.25, 0.3) is 11.8 Å². The molecule has 8 nitrogen and oxygen atoms in total. The van der Waals surface area contributed by atoms with E-state index in [1.54, 1.807) is 0 Å². The normalized spacial score (nSPS) is 10.9. The summed E-state index contributed by atoms with van der Waals surface area (Å²) in [6.45, 7) is 2.05. The van der Waals surface area contributed by atoms with Crippen LogP contribution in [0.2, 0.25) is 0 Å². The lowest BCUT2D eigenvalue weighted by Crippen LogP contribution is -2.38. The molecular weight excluding hydrogens is 374 g/mol. The van der Waals surface area contributed by atoms with Crippen LogP contribution >= 0.6 is 0 Å². The summed E-state index contributed by atoms with van der Waals surface area (Å²) in [5.41, 5.74) is 4.15. The van der Waals surface area contributed by atoms with Crippen molar-refractivity contribution >= 4 is 17.9 Å². The highest BCUT2D eigenvalue weighted by molar-refractivity contribution is 6.05. The number of rotatable bonds is 8.